The van der Waals surface area contributed by atoms with Crippen LogP contribution in [0.5, 0.6) is 0 Å². The molecule has 1 aliphatic rings. The van der Waals surface area contributed by atoms with Crippen molar-refractivity contribution in [3.63, 3.8) is 0 Å². The van der Waals surface area contributed by atoms with E-state index in [0.717, 1.165) is 19.3 Å². The molecule has 90 valence electrons. The number of hydrogen-bond donors (Lipinski definition) is 3. The molecule has 3 N–H and O–H groups in total. The number of β-amino-alcohol motifs (C(OH)–C–C–N with tert-alkyl or cyclic N) is 1. The Morgan fingerprint density at radius 1 is 1.27 bits per heavy atom. The average Bonchev–Trinajstić information content (AvgIpc) is 2.28. The zero-order valence-electron chi connectivity index (χ0n) is 10.1. The van der Waals surface area contributed by atoms with E-state index in [4.69, 9.17) is 0 Å². The number of aliphatic hydroxyl groups is 2. The second-order valence-corrected chi connectivity index (χ2v) is 5.20. The molecule has 1 atom stereocenters. The normalized spacial score (nSPS) is 24.8. The second kappa shape index (κ2) is 5.28. The first-order valence-electron chi connectivity index (χ1n) is 6.12. The van der Waals surface area contributed by atoms with Crippen molar-refractivity contribution >= 4 is 0 Å². The minimum Gasteiger partial charge on any atom is -0.394 e. The lowest BCUT2D eigenvalue weighted by atomic mass is 9.82. The van der Waals surface area contributed by atoms with E-state index in [-0.39, 0.29) is 12.1 Å². The van der Waals surface area contributed by atoms with Gasteiger partial charge in [0.25, 0.3) is 0 Å². The van der Waals surface area contributed by atoms with Crippen LogP contribution >= 0.6 is 0 Å². The number of hydrogen-bond acceptors (Lipinski definition) is 3. The van der Waals surface area contributed by atoms with E-state index in [2.05, 4.69) is 5.32 Å². The summed E-state index contributed by atoms with van der Waals surface area (Å²) in [6.07, 6.45) is 6.44. The van der Waals surface area contributed by atoms with Crippen LogP contribution < -0.4 is 5.32 Å². The average molecular weight is 215 g/mol. The highest BCUT2D eigenvalue weighted by molar-refractivity contribution is 4.92. The van der Waals surface area contributed by atoms with Gasteiger partial charge in [0.1, 0.15) is 0 Å². The summed E-state index contributed by atoms with van der Waals surface area (Å²) in [6, 6.07) is 0. The predicted octanol–water partition coefficient (Wildman–Crippen LogP) is 1.43. The Balaban J connectivity index is 2.45. The van der Waals surface area contributed by atoms with E-state index in [9.17, 15) is 10.2 Å². The van der Waals surface area contributed by atoms with Gasteiger partial charge >= 0.3 is 0 Å². The highest BCUT2D eigenvalue weighted by Crippen LogP contribution is 2.28. The van der Waals surface area contributed by atoms with E-state index in [0.29, 0.717) is 6.54 Å². The lowest BCUT2D eigenvalue weighted by Crippen LogP contribution is -2.54. The Morgan fingerprint density at radius 3 is 2.33 bits per heavy atom. The van der Waals surface area contributed by atoms with Crippen LogP contribution in [0.3, 0.4) is 0 Å². The van der Waals surface area contributed by atoms with Crippen LogP contribution in [0.4, 0.5) is 0 Å². The maximum absolute atomic E-state index is 9.92. The van der Waals surface area contributed by atoms with Gasteiger partial charge in [-0.05, 0) is 26.2 Å². The first kappa shape index (κ1) is 12.9. The molecule has 0 aromatic heterocycles. The molecule has 0 heterocycles. The van der Waals surface area contributed by atoms with E-state index >= 15 is 0 Å². The minimum atomic E-state index is -0.653. The standard InChI is InChI=1S/C12H25NO2/c1-3-11(2,15)9-13-12(10-14)7-5-4-6-8-12/h13-15H,3-10H2,1-2H3. The van der Waals surface area contributed by atoms with Crippen LogP contribution in [0.2, 0.25) is 0 Å². The zero-order valence-corrected chi connectivity index (χ0v) is 10.1. The van der Waals surface area contributed by atoms with Crippen LogP contribution in [-0.4, -0.2) is 34.5 Å². The molecule has 1 fully saturated rings. The molecular weight excluding hydrogens is 190 g/mol. The first-order valence-corrected chi connectivity index (χ1v) is 6.12. The largest absolute Gasteiger partial charge is 0.394 e. The SMILES string of the molecule is CCC(C)(O)CNC1(CO)CCCCC1. The van der Waals surface area contributed by atoms with Gasteiger partial charge in [0.15, 0.2) is 0 Å². The molecule has 1 saturated carbocycles. The maximum atomic E-state index is 9.92. The molecule has 0 spiro atoms. The van der Waals surface area contributed by atoms with Gasteiger partial charge in [-0.2, -0.15) is 0 Å². The van der Waals surface area contributed by atoms with E-state index in [1.165, 1.54) is 19.3 Å². The van der Waals surface area contributed by atoms with Crippen LogP contribution in [0.15, 0.2) is 0 Å². The predicted molar refractivity (Wildman–Crippen MR) is 61.8 cm³/mol. The summed E-state index contributed by atoms with van der Waals surface area (Å²) < 4.78 is 0. The molecule has 0 saturated heterocycles. The van der Waals surface area contributed by atoms with Crippen molar-refractivity contribution in [1.82, 2.24) is 5.32 Å². The molecule has 0 radical (unpaired) electrons. The van der Waals surface area contributed by atoms with Gasteiger partial charge in [-0.15, -0.1) is 0 Å². The lowest BCUT2D eigenvalue weighted by molar-refractivity contribution is 0.0311. The van der Waals surface area contributed by atoms with E-state index in [1.54, 1.807) is 0 Å². The van der Waals surface area contributed by atoms with Crippen LogP contribution in [0, 0.1) is 0 Å². The summed E-state index contributed by atoms with van der Waals surface area (Å²) in [5.41, 5.74) is -0.781. The van der Waals surface area contributed by atoms with Crippen LogP contribution in [-0.2, 0) is 0 Å². The van der Waals surface area contributed by atoms with Gasteiger partial charge in [0.2, 0.25) is 0 Å². The molecule has 0 aromatic carbocycles. The summed E-state index contributed by atoms with van der Waals surface area (Å²) in [6.45, 7) is 4.58. The van der Waals surface area contributed by atoms with Crippen molar-refractivity contribution in [3.8, 4) is 0 Å². The maximum Gasteiger partial charge on any atom is 0.0741 e. The highest BCUT2D eigenvalue weighted by atomic mass is 16.3. The Morgan fingerprint density at radius 2 is 1.87 bits per heavy atom. The summed E-state index contributed by atoms with van der Waals surface area (Å²) in [7, 11) is 0. The molecular formula is C12H25NO2. The summed E-state index contributed by atoms with van der Waals surface area (Å²) in [4.78, 5) is 0. The number of rotatable bonds is 5. The molecule has 1 unspecified atom stereocenters. The molecule has 0 aromatic rings. The Labute approximate surface area is 92.9 Å². The summed E-state index contributed by atoms with van der Waals surface area (Å²) in [5.74, 6) is 0. The van der Waals surface area contributed by atoms with Crippen molar-refractivity contribution in [3.05, 3.63) is 0 Å². The zero-order chi connectivity index (χ0) is 11.4. The summed E-state index contributed by atoms with van der Waals surface area (Å²) >= 11 is 0. The number of aliphatic hydroxyl groups excluding tert-OH is 1. The minimum absolute atomic E-state index is 0.128. The van der Waals surface area contributed by atoms with Crippen molar-refractivity contribution in [2.75, 3.05) is 13.2 Å². The fraction of sp³-hybridized carbons (Fsp3) is 1.00. The molecule has 1 aliphatic carbocycles. The monoisotopic (exact) mass is 215 g/mol. The van der Waals surface area contributed by atoms with E-state index < -0.39 is 5.60 Å². The Hall–Kier alpha value is -0.120. The fourth-order valence-corrected chi connectivity index (χ4v) is 2.12. The third-order valence-electron chi connectivity index (χ3n) is 3.72. The van der Waals surface area contributed by atoms with Gasteiger partial charge in [-0.25, -0.2) is 0 Å². The molecule has 0 aliphatic heterocycles. The molecule has 0 amide bonds. The molecule has 3 heteroatoms. The van der Waals surface area contributed by atoms with Crippen molar-refractivity contribution in [1.29, 1.82) is 0 Å². The van der Waals surface area contributed by atoms with E-state index in [1.807, 2.05) is 13.8 Å². The fourth-order valence-electron chi connectivity index (χ4n) is 2.12. The van der Waals surface area contributed by atoms with Gasteiger partial charge in [0, 0.05) is 12.1 Å². The van der Waals surface area contributed by atoms with Crippen molar-refractivity contribution in [2.24, 2.45) is 0 Å². The van der Waals surface area contributed by atoms with Gasteiger partial charge < -0.3 is 15.5 Å². The highest BCUT2D eigenvalue weighted by Gasteiger charge is 2.32. The molecule has 1 rings (SSSR count). The van der Waals surface area contributed by atoms with Gasteiger partial charge in [0.05, 0.1) is 12.2 Å². The van der Waals surface area contributed by atoms with Crippen LogP contribution in [0.25, 0.3) is 0 Å². The third kappa shape index (κ3) is 3.74. The van der Waals surface area contributed by atoms with Crippen molar-refractivity contribution < 1.29 is 10.2 Å². The number of nitrogens with one attached hydrogen (secondary N) is 1. The smallest absolute Gasteiger partial charge is 0.0741 e. The van der Waals surface area contributed by atoms with Crippen molar-refractivity contribution in [2.45, 2.75) is 63.5 Å². The molecule has 15 heavy (non-hydrogen) atoms. The topological polar surface area (TPSA) is 52.5 Å². The Kier molecular flexibility index (Phi) is 4.56. The first-order chi connectivity index (χ1) is 7.04. The Bertz CT molecular complexity index is 186. The van der Waals surface area contributed by atoms with Gasteiger partial charge in [-0.1, -0.05) is 26.2 Å². The van der Waals surface area contributed by atoms with Crippen LogP contribution in [0.1, 0.15) is 52.4 Å². The van der Waals surface area contributed by atoms with Gasteiger partial charge in [-0.3, -0.25) is 0 Å². The third-order valence-corrected chi connectivity index (χ3v) is 3.72. The lowest BCUT2D eigenvalue weighted by Gasteiger charge is -2.39. The molecule has 3 nitrogen and oxygen atoms in total. The molecule has 0 bridgehead atoms. The summed E-state index contributed by atoms with van der Waals surface area (Å²) in [5, 5.41) is 22.8. The quantitative estimate of drug-likeness (QED) is 0.650. The second-order valence-electron chi connectivity index (χ2n) is 5.20.